The van der Waals surface area contributed by atoms with Gasteiger partial charge in [-0.15, -0.1) is 0 Å². The number of benzene rings is 2. The zero-order valence-electron chi connectivity index (χ0n) is 16.7. The Morgan fingerprint density at radius 1 is 0.926 bits per heavy atom. The van der Waals surface area contributed by atoms with E-state index < -0.39 is 10.1 Å². The molecule has 146 valence electrons. The van der Waals surface area contributed by atoms with Crippen LogP contribution in [0.5, 0.6) is 0 Å². The van der Waals surface area contributed by atoms with Crippen LogP contribution in [0.1, 0.15) is 57.1 Å². The molecule has 1 aliphatic rings. The van der Waals surface area contributed by atoms with E-state index in [4.69, 9.17) is 4.18 Å². The van der Waals surface area contributed by atoms with Crippen molar-refractivity contribution in [1.82, 2.24) is 0 Å². The Morgan fingerprint density at radius 3 is 2.15 bits per heavy atom. The third-order valence-electron chi connectivity index (χ3n) is 5.80. The quantitative estimate of drug-likeness (QED) is 0.633. The van der Waals surface area contributed by atoms with Crippen LogP contribution in [0.15, 0.2) is 59.5 Å². The average Bonchev–Trinajstić information content (AvgIpc) is 2.62. The molecule has 4 heteroatoms. The average molecular weight is 387 g/mol. The fourth-order valence-corrected chi connectivity index (χ4v) is 5.15. The van der Waals surface area contributed by atoms with Crippen LogP contribution in [0, 0.1) is 18.3 Å². The Labute approximate surface area is 163 Å². The van der Waals surface area contributed by atoms with Crippen molar-refractivity contribution < 1.29 is 12.6 Å². The lowest BCUT2D eigenvalue weighted by Crippen LogP contribution is -2.36. The van der Waals surface area contributed by atoms with Crippen LogP contribution in [-0.2, 0) is 14.3 Å². The summed E-state index contributed by atoms with van der Waals surface area (Å²) in [5, 5.41) is 0. The normalized spacial score (nSPS) is 23.9. The molecule has 1 aliphatic carbocycles. The lowest BCUT2D eigenvalue weighted by molar-refractivity contribution is 0.0612. The standard InChI is InChI=1S/C23H30O3S/c1-17-10-13-20(14-11-17)27(24,25)26-22-16-19(23(2,3)4)12-15-21(22)18-8-6-5-7-9-18/h5-11,13-14,19,21-22H,12,15-16H2,1-4H3/t19-,21-,22-/m1/s1. The molecule has 0 heterocycles. The lowest BCUT2D eigenvalue weighted by Gasteiger charge is -2.41. The van der Waals surface area contributed by atoms with Crippen molar-refractivity contribution in [2.45, 2.75) is 63.9 Å². The van der Waals surface area contributed by atoms with Gasteiger partial charge in [0, 0.05) is 5.92 Å². The van der Waals surface area contributed by atoms with Crippen LogP contribution < -0.4 is 0 Å². The van der Waals surface area contributed by atoms with Gasteiger partial charge in [0.05, 0.1) is 11.0 Å². The second-order valence-corrected chi connectivity index (χ2v) is 10.4. The molecule has 0 spiro atoms. The SMILES string of the molecule is Cc1ccc(S(=O)(=O)O[C@@H]2C[C@H](C(C)(C)C)CC[C@@H]2c2ccccc2)cc1. The van der Waals surface area contributed by atoms with Gasteiger partial charge in [-0.25, -0.2) is 0 Å². The van der Waals surface area contributed by atoms with Crippen molar-refractivity contribution in [3.63, 3.8) is 0 Å². The third kappa shape index (κ3) is 4.80. The summed E-state index contributed by atoms with van der Waals surface area (Å²) >= 11 is 0. The van der Waals surface area contributed by atoms with Gasteiger partial charge in [-0.05, 0) is 55.2 Å². The molecule has 1 saturated carbocycles. The molecule has 1 fully saturated rings. The monoisotopic (exact) mass is 386 g/mol. The predicted octanol–water partition coefficient (Wildman–Crippen LogP) is 5.70. The Bertz CT molecular complexity index is 849. The van der Waals surface area contributed by atoms with Crippen LogP contribution in [0.4, 0.5) is 0 Å². The molecule has 0 N–H and O–H groups in total. The summed E-state index contributed by atoms with van der Waals surface area (Å²) in [5.41, 5.74) is 2.33. The van der Waals surface area contributed by atoms with Gasteiger partial charge in [0.15, 0.2) is 0 Å². The first kappa shape index (κ1) is 20.1. The zero-order chi connectivity index (χ0) is 19.7. The van der Waals surface area contributed by atoms with Crippen LogP contribution in [0.2, 0.25) is 0 Å². The van der Waals surface area contributed by atoms with Gasteiger partial charge in [-0.1, -0.05) is 68.8 Å². The highest BCUT2D eigenvalue weighted by Crippen LogP contribution is 2.45. The highest BCUT2D eigenvalue weighted by molar-refractivity contribution is 7.86. The molecule has 0 radical (unpaired) electrons. The molecule has 0 saturated heterocycles. The van der Waals surface area contributed by atoms with Gasteiger partial charge in [0.25, 0.3) is 10.1 Å². The first-order valence-corrected chi connectivity index (χ1v) is 11.1. The summed E-state index contributed by atoms with van der Waals surface area (Å²) in [7, 11) is -3.79. The van der Waals surface area contributed by atoms with Crippen molar-refractivity contribution in [3.05, 3.63) is 65.7 Å². The molecule has 0 unspecified atom stereocenters. The highest BCUT2D eigenvalue weighted by atomic mass is 32.2. The van der Waals surface area contributed by atoms with E-state index >= 15 is 0 Å². The molecule has 3 nitrogen and oxygen atoms in total. The van der Waals surface area contributed by atoms with Gasteiger partial charge >= 0.3 is 0 Å². The van der Waals surface area contributed by atoms with Crippen LogP contribution >= 0.6 is 0 Å². The first-order chi connectivity index (χ1) is 12.7. The smallest absolute Gasteiger partial charge is 0.262 e. The highest BCUT2D eigenvalue weighted by Gasteiger charge is 2.39. The third-order valence-corrected chi connectivity index (χ3v) is 7.15. The summed E-state index contributed by atoms with van der Waals surface area (Å²) in [6.45, 7) is 8.63. The van der Waals surface area contributed by atoms with Crippen molar-refractivity contribution in [3.8, 4) is 0 Å². The van der Waals surface area contributed by atoms with E-state index in [0.717, 1.165) is 30.4 Å². The number of rotatable bonds is 4. The van der Waals surface area contributed by atoms with Crippen LogP contribution in [0.25, 0.3) is 0 Å². The number of aryl methyl sites for hydroxylation is 1. The second kappa shape index (κ2) is 7.76. The number of hydrogen-bond acceptors (Lipinski definition) is 3. The molecule has 3 atom stereocenters. The van der Waals surface area contributed by atoms with Gasteiger partial charge in [-0.2, -0.15) is 8.42 Å². The van der Waals surface area contributed by atoms with E-state index in [1.807, 2.05) is 37.3 Å². The van der Waals surface area contributed by atoms with E-state index in [-0.39, 0.29) is 22.3 Å². The molecular weight excluding hydrogens is 356 g/mol. The van der Waals surface area contributed by atoms with Gasteiger partial charge < -0.3 is 0 Å². The molecule has 2 aromatic carbocycles. The molecule has 27 heavy (non-hydrogen) atoms. The van der Waals surface area contributed by atoms with Crippen molar-refractivity contribution in [2.75, 3.05) is 0 Å². The minimum absolute atomic E-state index is 0.102. The summed E-state index contributed by atoms with van der Waals surface area (Å²) < 4.78 is 31.7. The Morgan fingerprint density at radius 2 is 1.56 bits per heavy atom. The fraction of sp³-hybridized carbons (Fsp3) is 0.478. The van der Waals surface area contributed by atoms with Crippen molar-refractivity contribution in [1.29, 1.82) is 0 Å². The maximum atomic E-state index is 12.9. The van der Waals surface area contributed by atoms with Crippen molar-refractivity contribution in [2.24, 2.45) is 11.3 Å². The fourth-order valence-electron chi connectivity index (χ4n) is 4.03. The minimum atomic E-state index is -3.79. The van der Waals surface area contributed by atoms with Crippen molar-refractivity contribution >= 4 is 10.1 Å². The molecule has 3 rings (SSSR count). The van der Waals surface area contributed by atoms with E-state index in [0.29, 0.717) is 5.92 Å². The molecule has 0 amide bonds. The van der Waals surface area contributed by atoms with Gasteiger partial charge in [-0.3, -0.25) is 4.18 Å². The second-order valence-electron chi connectivity index (χ2n) is 8.80. The summed E-state index contributed by atoms with van der Waals surface area (Å²) in [5.74, 6) is 0.542. The maximum absolute atomic E-state index is 12.9. The first-order valence-electron chi connectivity index (χ1n) is 9.72. The van der Waals surface area contributed by atoms with Crippen LogP contribution in [-0.4, -0.2) is 14.5 Å². The molecule has 2 aromatic rings. The predicted molar refractivity (Wildman–Crippen MR) is 109 cm³/mol. The minimum Gasteiger partial charge on any atom is -0.262 e. The Hall–Kier alpha value is -1.65. The lowest BCUT2D eigenvalue weighted by atomic mass is 9.67. The summed E-state index contributed by atoms with van der Waals surface area (Å²) in [6.07, 6.45) is 2.46. The van der Waals surface area contributed by atoms with E-state index in [2.05, 4.69) is 32.9 Å². The Balaban J connectivity index is 1.89. The molecule has 0 bridgehead atoms. The van der Waals surface area contributed by atoms with Crippen LogP contribution in [0.3, 0.4) is 0 Å². The largest absolute Gasteiger partial charge is 0.297 e. The van der Waals surface area contributed by atoms with Gasteiger partial charge in [0.2, 0.25) is 0 Å². The summed E-state index contributed by atoms with van der Waals surface area (Å²) in [4.78, 5) is 0.234. The topological polar surface area (TPSA) is 43.4 Å². The zero-order valence-corrected chi connectivity index (χ0v) is 17.5. The van der Waals surface area contributed by atoms with E-state index in [9.17, 15) is 8.42 Å². The van der Waals surface area contributed by atoms with E-state index in [1.54, 1.807) is 12.1 Å². The Kier molecular flexibility index (Phi) is 5.78. The van der Waals surface area contributed by atoms with Gasteiger partial charge in [0.1, 0.15) is 0 Å². The summed E-state index contributed by atoms with van der Waals surface area (Å²) in [6, 6.07) is 17.1. The van der Waals surface area contributed by atoms with E-state index in [1.165, 1.54) is 0 Å². The maximum Gasteiger partial charge on any atom is 0.297 e. The molecule has 0 aromatic heterocycles. The molecular formula is C23H30O3S. The number of hydrogen-bond donors (Lipinski definition) is 0. The molecule has 0 aliphatic heterocycles.